The van der Waals surface area contributed by atoms with Crippen molar-refractivity contribution in [3.8, 4) is 0 Å². The number of halogens is 2. The molecule has 0 unspecified atom stereocenters. The van der Waals surface area contributed by atoms with Crippen LogP contribution < -0.4 is 0 Å². The lowest BCUT2D eigenvalue weighted by Crippen LogP contribution is -1.86. The third kappa shape index (κ3) is 2.13. The first-order valence-electron chi connectivity index (χ1n) is 3.00. The van der Waals surface area contributed by atoms with E-state index in [2.05, 4.69) is 0 Å². The van der Waals surface area contributed by atoms with E-state index in [1.165, 1.54) is 0 Å². The fraction of sp³-hybridized carbons (Fsp3) is 0.125. The molecule has 0 aliphatic rings. The molecule has 1 radical (unpaired) electrons. The fourth-order valence-electron chi connectivity index (χ4n) is 0.750. The summed E-state index contributed by atoms with van der Waals surface area (Å²) in [6.45, 7) is 0. The quantitative estimate of drug-likeness (QED) is 0.594. The van der Waals surface area contributed by atoms with Gasteiger partial charge in [-0.3, -0.25) is 0 Å². The molecule has 0 nitrogen and oxygen atoms in total. The van der Waals surface area contributed by atoms with E-state index >= 15 is 0 Å². The molecule has 0 amide bonds. The van der Waals surface area contributed by atoms with Gasteiger partial charge in [0.25, 0.3) is 0 Å². The van der Waals surface area contributed by atoms with Crippen LogP contribution >= 0.6 is 0 Å². The van der Waals surface area contributed by atoms with E-state index in [4.69, 9.17) is 0 Å². The first-order valence-corrected chi connectivity index (χ1v) is 3.00. The maximum atomic E-state index is 11.6. The molecule has 1 rings (SSSR count). The van der Waals surface area contributed by atoms with Gasteiger partial charge >= 0.3 is 6.43 Å². The normalized spacial score (nSPS) is 10.3. The second-order valence-corrected chi connectivity index (χ2v) is 2.00. The largest absolute Gasteiger partial charge is 0.314 e. The number of hydrogen-bond acceptors (Lipinski definition) is 0. The van der Waals surface area contributed by atoms with Crippen LogP contribution in [0.3, 0.4) is 0 Å². The summed E-state index contributed by atoms with van der Waals surface area (Å²) in [5.41, 5.74) is 0.655. The van der Waals surface area contributed by atoms with Gasteiger partial charge in [0.2, 0.25) is 0 Å². The lowest BCUT2D eigenvalue weighted by molar-refractivity contribution is 0.283. The molecule has 53 valence electrons. The Morgan fingerprint density at radius 2 is 1.70 bits per heavy atom. The average molecular weight is 141 g/mol. The van der Waals surface area contributed by atoms with E-state index in [1.807, 2.05) is 0 Å². The van der Waals surface area contributed by atoms with Crippen LogP contribution in [0.5, 0.6) is 0 Å². The minimum absolute atomic E-state index is 0.221. The monoisotopic (exact) mass is 141 g/mol. The van der Waals surface area contributed by atoms with Crippen LogP contribution in [0, 0.1) is 6.43 Å². The lowest BCUT2D eigenvalue weighted by atomic mass is 10.2. The second kappa shape index (κ2) is 3.30. The van der Waals surface area contributed by atoms with Crippen molar-refractivity contribution in [1.29, 1.82) is 0 Å². The molecule has 1 aromatic carbocycles. The highest BCUT2D eigenvalue weighted by Crippen LogP contribution is 2.11. The summed E-state index contributed by atoms with van der Waals surface area (Å²) in [4.78, 5) is 0. The van der Waals surface area contributed by atoms with Crippen LogP contribution in [0.1, 0.15) is 5.56 Å². The number of benzene rings is 1. The Bertz CT molecular complexity index is 182. The summed E-state index contributed by atoms with van der Waals surface area (Å²) in [5, 5.41) is 0. The Morgan fingerprint density at radius 3 is 2.20 bits per heavy atom. The van der Waals surface area contributed by atoms with Crippen molar-refractivity contribution in [2.24, 2.45) is 0 Å². The van der Waals surface area contributed by atoms with Crippen molar-refractivity contribution >= 4 is 0 Å². The minimum atomic E-state index is -1.54. The summed E-state index contributed by atoms with van der Waals surface area (Å²) >= 11 is 0. The van der Waals surface area contributed by atoms with E-state index in [-0.39, 0.29) is 6.42 Å². The zero-order valence-corrected chi connectivity index (χ0v) is 5.35. The van der Waals surface area contributed by atoms with Crippen molar-refractivity contribution in [2.75, 3.05) is 0 Å². The van der Waals surface area contributed by atoms with Gasteiger partial charge in [0.05, 0.1) is 0 Å². The molecule has 0 atom stereocenters. The SMILES string of the molecule is F[C](F)Cc1ccccc1. The molecular weight excluding hydrogens is 134 g/mol. The first kappa shape index (κ1) is 7.19. The van der Waals surface area contributed by atoms with E-state index in [0.29, 0.717) is 5.56 Å². The van der Waals surface area contributed by atoms with Crippen LogP contribution in [-0.4, -0.2) is 0 Å². The van der Waals surface area contributed by atoms with Crippen LogP contribution in [0.15, 0.2) is 30.3 Å². The van der Waals surface area contributed by atoms with Crippen molar-refractivity contribution < 1.29 is 8.78 Å². The highest BCUT2D eigenvalue weighted by Gasteiger charge is 2.04. The Balaban J connectivity index is 2.59. The zero-order chi connectivity index (χ0) is 7.40. The third-order valence-electron chi connectivity index (χ3n) is 1.18. The van der Waals surface area contributed by atoms with Gasteiger partial charge in [0.15, 0.2) is 0 Å². The molecule has 0 bridgehead atoms. The molecule has 0 aliphatic carbocycles. The highest BCUT2D eigenvalue weighted by molar-refractivity contribution is 5.16. The third-order valence-corrected chi connectivity index (χ3v) is 1.18. The Hall–Kier alpha value is -0.920. The average Bonchev–Trinajstić information content (AvgIpc) is 1.88. The maximum absolute atomic E-state index is 11.6. The summed E-state index contributed by atoms with van der Waals surface area (Å²) in [7, 11) is 0. The maximum Gasteiger partial charge on any atom is 0.314 e. The van der Waals surface area contributed by atoms with Crippen molar-refractivity contribution in [3.63, 3.8) is 0 Å². The number of hydrogen-bond donors (Lipinski definition) is 0. The molecule has 0 fully saturated rings. The first-order chi connectivity index (χ1) is 4.79. The smallest absolute Gasteiger partial charge is 0.200 e. The van der Waals surface area contributed by atoms with Crippen molar-refractivity contribution in [2.45, 2.75) is 6.42 Å². The summed E-state index contributed by atoms with van der Waals surface area (Å²) in [5.74, 6) is 0. The summed E-state index contributed by atoms with van der Waals surface area (Å²) < 4.78 is 23.3. The Morgan fingerprint density at radius 1 is 1.10 bits per heavy atom. The van der Waals surface area contributed by atoms with Gasteiger partial charge in [-0.15, -0.1) is 0 Å². The van der Waals surface area contributed by atoms with Crippen LogP contribution in [0.2, 0.25) is 0 Å². The number of rotatable bonds is 2. The van der Waals surface area contributed by atoms with E-state index in [1.54, 1.807) is 30.3 Å². The molecule has 1 aromatic rings. The molecule has 0 saturated carbocycles. The highest BCUT2D eigenvalue weighted by atomic mass is 19.3. The second-order valence-electron chi connectivity index (χ2n) is 2.00. The Kier molecular flexibility index (Phi) is 2.37. The molecule has 0 aromatic heterocycles. The molecule has 10 heavy (non-hydrogen) atoms. The van der Waals surface area contributed by atoms with Gasteiger partial charge in [-0.25, -0.2) is 0 Å². The zero-order valence-electron chi connectivity index (χ0n) is 5.35. The van der Waals surface area contributed by atoms with E-state index in [9.17, 15) is 8.78 Å². The van der Waals surface area contributed by atoms with Gasteiger partial charge in [-0.05, 0) is 5.56 Å². The summed E-state index contributed by atoms with van der Waals surface area (Å²) in [6.07, 6.45) is -1.76. The molecule has 0 saturated heterocycles. The van der Waals surface area contributed by atoms with Gasteiger partial charge in [-0.2, -0.15) is 8.78 Å². The van der Waals surface area contributed by atoms with Gasteiger partial charge in [0, 0.05) is 6.42 Å². The predicted octanol–water partition coefficient (Wildman–Crippen LogP) is 2.66. The Labute approximate surface area is 58.5 Å². The molecule has 2 heteroatoms. The minimum Gasteiger partial charge on any atom is -0.200 e. The van der Waals surface area contributed by atoms with Gasteiger partial charge in [0.1, 0.15) is 0 Å². The van der Waals surface area contributed by atoms with Crippen molar-refractivity contribution in [1.82, 2.24) is 0 Å². The molecule has 0 heterocycles. The summed E-state index contributed by atoms with van der Waals surface area (Å²) in [6, 6.07) is 8.66. The van der Waals surface area contributed by atoms with Gasteiger partial charge in [-0.1, -0.05) is 30.3 Å². The lowest BCUT2D eigenvalue weighted by Gasteiger charge is -1.95. The predicted molar refractivity (Wildman–Crippen MR) is 35.6 cm³/mol. The van der Waals surface area contributed by atoms with E-state index in [0.717, 1.165) is 0 Å². The van der Waals surface area contributed by atoms with Crippen LogP contribution in [0.4, 0.5) is 8.78 Å². The molecule has 0 spiro atoms. The van der Waals surface area contributed by atoms with Crippen LogP contribution in [0.25, 0.3) is 0 Å². The molecular formula is C8H7F2. The van der Waals surface area contributed by atoms with E-state index < -0.39 is 6.43 Å². The van der Waals surface area contributed by atoms with Crippen molar-refractivity contribution in [3.05, 3.63) is 42.3 Å². The standard InChI is InChI=1S/C8H7F2/c9-8(10)6-7-4-2-1-3-5-7/h1-5H,6H2. The van der Waals surface area contributed by atoms with Crippen LogP contribution in [-0.2, 0) is 6.42 Å². The van der Waals surface area contributed by atoms with Gasteiger partial charge < -0.3 is 0 Å². The fourth-order valence-corrected chi connectivity index (χ4v) is 0.750. The molecule has 0 N–H and O–H groups in total. The topological polar surface area (TPSA) is 0 Å². The molecule has 0 aliphatic heterocycles.